The molecule has 1 aromatic heterocycles. The second kappa shape index (κ2) is 11.4. The number of hydrogen-bond acceptors (Lipinski definition) is 4. The second-order valence-corrected chi connectivity index (χ2v) is 11.0. The fourth-order valence-corrected chi connectivity index (χ4v) is 6.03. The SMILES string of the molecule is CCCNC(=O)c1ccc(N2CC3CC(C2)c2cccc(=O)n2C3)c(NC(=S)Nc2ccc(Cl)cc2Cl)c1. The molecule has 0 spiro atoms. The summed E-state index contributed by atoms with van der Waals surface area (Å²) in [4.78, 5) is 27.5. The number of nitrogens with one attached hydrogen (secondary N) is 3. The first kappa shape index (κ1) is 26.5. The van der Waals surface area contributed by atoms with Crippen molar-refractivity contribution in [3.05, 3.63) is 86.3 Å². The molecule has 2 aliphatic heterocycles. The molecule has 3 N–H and O–H groups in total. The summed E-state index contributed by atoms with van der Waals surface area (Å²) in [5.74, 6) is 0.458. The van der Waals surface area contributed by atoms with Gasteiger partial charge < -0.3 is 25.4 Å². The van der Waals surface area contributed by atoms with Crippen LogP contribution in [0.15, 0.2) is 59.4 Å². The number of rotatable bonds is 6. The van der Waals surface area contributed by atoms with E-state index in [2.05, 4.69) is 26.9 Å². The number of nitrogens with zero attached hydrogens (tertiary/aromatic N) is 2. The Labute approximate surface area is 237 Å². The average molecular weight is 571 g/mol. The van der Waals surface area contributed by atoms with Gasteiger partial charge >= 0.3 is 0 Å². The Morgan fingerprint density at radius 3 is 2.63 bits per heavy atom. The van der Waals surface area contributed by atoms with Gasteiger partial charge in [0.15, 0.2) is 5.11 Å². The van der Waals surface area contributed by atoms with E-state index in [1.165, 1.54) is 0 Å². The van der Waals surface area contributed by atoms with E-state index >= 15 is 0 Å². The van der Waals surface area contributed by atoms with Crippen LogP contribution in [0.2, 0.25) is 10.0 Å². The smallest absolute Gasteiger partial charge is 0.251 e. The maximum Gasteiger partial charge on any atom is 0.251 e. The summed E-state index contributed by atoms with van der Waals surface area (Å²) in [5.41, 5.74) is 3.99. The summed E-state index contributed by atoms with van der Waals surface area (Å²) in [6, 6.07) is 16.3. The lowest BCUT2D eigenvalue weighted by molar-refractivity contribution is 0.0953. The minimum absolute atomic E-state index is 0.0627. The van der Waals surface area contributed by atoms with Crippen molar-refractivity contribution in [1.29, 1.82) is 0 Å². The van der Waals surface area contributed by atoms with E-state index in [9.17, 15) is 9.59 Å². The first-order chi connectivity index (χ1) is 18.3. The molecule has 0 aliphatic carbocycles. The highest BCUT2D eigenvalue weighted by Gasteiger charge is 2.35. The molecule has 198 valence electrons. The Morgan fingerprint density at radius 1 is 1.03 bits per heavy atom. The van der Waals surface area contributed by atoms with Gasteiger partial charge in [-0.15, -0.1) is 0 Å². The largest absolute Gasteiger partial charge is 0.369 e. The van der Waals surface area contributed by atoms with Crippen molar-refractivity contribution in [2.24, 2.45) is 5.92 Å². The summed E-state index contributed by atoms with van der Waals surface area (Å²) in [6.07, 6.45) is 1.90. The quantitative estimate of drug-likeness (QED) is 0.329. The number of carbonyl (C=O) groups is 1. The van der Waals surface area contributed by atoms with Gasteiger partial charge in [-0.1, -0.05) is 36.2 Å². The summed E-state index contributed by atoms with van der Waals surface area (Å²) in [5, 5.41) is 10.7. The van der Waals surface area contributed by atoms with Crippen LogP contribution in [0.1, 0.15) is 41.7 Å². The molecular formula is C28H29Cl2N5O2S. The molecule has 1 saturated heterocycles. The van der Waals surface area contributed by atoms with Gasteiger partial charge in [0.2, 0.25) is 0 Å². The minimum atomic E-state index is -0.134. The molecule has 2 aromatic carbocycles. The highest BCUT2D eigenvalue weighted by Crippen LogP contribution is 2.39. The highest BCUT2D eigenvalue weighted by atomic mass is 35.5. The van der Waals surface area contributed by atoms with E-state index < -0.39 is 0 Å². The molecule has 2 bridgehead atoms. The summed E-state index contributed by atoms with van der Waals surface area (Å²) in [6.45, 7) is 4.89. The molecule has 10 heteroatoms. The molecule has 1 amide bonds. The van der Waals surface area contributed by atoms with Crippen molar-refractivity contribution in [3.8, 4) is 0 Å². The standard InChI is InChI=1S/C28H29Cl2N5O2S/c1-2-10-31-27(37)18-6-9-25(23(12-18)33-28(38)32-22-8-7-20(29)13-21(22)30)34-14-17-11-19(16-34)24-4-3-5-26(36)35(24)15-17/h3-9,12-13,17,19H,2,10-11,14-16H2,1H3,(H,31,37)(H2,32,33,38). The van der Waals surface area contributed by atoms with Crippen molar-refractivity contribution in [2.75, 3.05) is 35.2 Å². The molecule has 3 heterocycles. The molecule has 38 heavy (non-hydrogen) atoms. The number of piperidine rings is 1. The van der Waals surface area contributed by atoms with Gasteiger partial charge in [-0.05, 0) is 73.4 Å². The predicted octanol–water partition coefficient (Wildman–Crippen LogP) is 5.73. The summed E-state index contributed by atoms with van der Waals surface area (Å²) >= 11 is 18.0. The van der Waals surface area contributed by atoms with Crippen LogP contribution in [0.3, 0.4) is 0 Å². The van der Waals surface area contributed by atoms with Crippen molar-refractivity contribution in [3.63, 3.8) is 0 Å². The lowest BCUT2D eigenvalue weighted by Gasteiger charge is -2.44. The number of anilines is 3. The van der Waals surface area contributed by atoms with Crippen LogP contribution in [0, 0.1) is 5.92 Å². The van der Waals surface area contributed by atoms with Gasteiger partial charge in [0, 0.05) is 54.4 Å². The molecule has 2 aliphatic rings. The highest BCUT2D eigenvalue weighted by molar-refractivity contribution is 7.80. The number of benzene rings is 2. The van der Waals surface area contributed by atoms with Gasteiger partial charge in [-0.3, -0.25) is 9.59 Å². The topological polar surface area (TPSA) is 78.4 Å². The number of pyridine rings is 1. The molecule has 5 rings (SSSR count). The molecule has 7 nitrogen and oxygen atoms in total. The Hall–Kier alpha value is -3.07. The number of halogens is 2. The van der Waals surface area contributed by atoms with Crippen LogP contribution < -0.4 is 26.4 Å². The van der Waals surface area contributed by atoms with Gasteiger partial charge in [0.05, 0.1) is 22.1 Å². The van der Waals surface area contributed by atoms with E-state index in [-0.39, 0.29) is 17.4 Å². The maximum absolute atomic E-state index is 12.8. The van der Waals surface area contributed by atoms with Crippen LogP contribution in [0.5, 0.6) is 0 Å². The fraction of sp³-hybridized carbons (Fsp3) is 0.321. The maximum atomic E-state index is 12.8. The number of aromatic nitrogens is 1. The lowest BCUT2D eigenvalue weighted by atomic mass is 9.83. The Kier molecular flexibility index (Phi) is 7.93. The predicted molar refractivity (Wildman–Crippen MR) is 159 cm³/mol. The van der Waals surface area contributed by atoms with Crippen LogP contribution in [-0.4, -0.2) is 35.2 Å². The lowest BCUT2D eigenvalue weighted by Crippen LogP contribution is -2.47. The second-order valence-electron chi connectivity index (χ2n) is 9.79. The Balaban J connectivity index is 1.44. The fourth-order valence-electron chi connectivity index (χ4n) is 5.35. The first-order valence-electron chi connectivity index (χ1n) is 12.7. The van der Waals surface area contributed by atoms with Gasteiger partial charge in [0.1, 0.15) is 0 Å². The molecule has 2 atom stereocenters. The zero-order valence-corrected chi connectivity index (χ0v) is 23.3. The van der Waals surface area contributed by atoms with Gasteiger partial charge in [0.25, 0.3) is 11.5 Å². The minimum Gasteiger partial charge on any atom is -0.369 e. The molecule has 0 radical (unpaired) electrons. The Bertz CT molecular complexity index is 1440. The summed E-state index contributed by atoms with van der Waals surface area (Å²) < 4.78 is 1.92. The van der Waals surface area contributed by atoms with E-state index in [1.807, 2.05) is 35.8 Å². The van der Waals surface area contributed by atoms with Crippen molar-refractivity contribution < 1.29 is 4.79 Å². The molecule has 1 fully saturated rings. The monoisotopic (exact) mass is 569 g/mol. The molecule has 2 unspecified atom stereocenters. The normalized spacial score (nSPS) is 17.9. The van der Waals surface area contributed by atoms with Crippen molar-refractivity contribution in [2.45, 2.75) is 32.2 Å². The molecule has 0 saturated carbocycles. The third kappa shape index (κ3) is 5.67. The van der Waals surface area contributed by atoms with Crippen LogP contribution >= 0.6 is 35.4 Å². The van der Waals surface area contributed by atoms with E-state index in [1.54, 1.807) is 24.3 Å². The first-order valence-corrected chi connectivity index (χ1v) is 13.9. The van der Waals surface area contributed by atoms with Gasteiger partial charge in [-0.25, -0.2) is 0 Å². The third-order valence-electron chi connectivity index (χ3n) is 7.04. The zero-order valence-electron chi connectivity index (χ0n) is 21.0. The molecular weight excluding hydrogens is 541 g/mol. The number of amides is 1. The number of carbonyl (C=O) groups excluding carboxylic acids is 1. The van der Waals surface area contributed by atoms with Crippen LogP contribution in [-0.2, 0) is 6.54 Å². The van der Waals surface area contributed by atoms with Crippen molar-refractivity contribution >= 4 is 63.5 Å². The number of fused-ring (bicyclic) bond motifs is 4. The zero-order chi connectivity index (χ0) is 26.8. The Morgan fingerprint density at radius 2 is 1.84 bits per heavy atom. The number of hydrogen-bond donors (Lipinski definition) is 3. The van der Waals surface area contributed by atoms with Gasteiger partial charge in [-0.2, -0.15) is 0 Å². The van der Waals surface area contributed by atoms with Crippen LogP contribution in [0.4, 0.5) is 17.1 Å². The van der Waals surface area contributed by atoms with E-state index in [0.29, 0.717) is 45.4 Å². The summed E-state index contributed by atoms with van der Waals surface area (Å²) in [7, 11) is 0. The van der Waals surface area contributed by atoms with Crippen LogP contribution in [0.25, 0.3) is 0 Å². The molecule has 3 aromatic rings. The van der Waals surface area contributed by atoms with E-state index in [0.717, 1.165) is 43.0 Å². The van der Waals surface area contributed by atoms with Crippen molar-refractivity contribution in [1.82, 2.24) is 9.88 Å². The van der Waals surface area contributed by atoms with E-state index in [4.69, 9.17) is 35.4 Å². The number of thiocarbonyl (C=S) groups is 1. The average Bonchev–Trinajstić information content (AvgIpc) is 2.89. The third-order valence-corrected chi connectivity index (χ3v) is 7.79.